The molecule has 0 saturated carbocycles. The number of nitrogens with one attached hydrogen (secondary N) is 1. The van der Waals surface area contributed by atoms with Gasteiger partial charge in [-0.05, 0) is 43.7 Å². The maximum absolute atomic E-state index is 12.3. The van der Waals surface area contributed by atoms with E-state index in [1.54, 1.807) is 33.3 Å². The quantitative estimate of drug-likeness (QED) is 0.846. The molecule has 2 aromatic carbocycles. The van der Waals surface area contributed by atoms with Crippen molar-refractivity contribution in [2.75, 3.05) is 14.2 Å². The normalized spacial score (nSPS) is 12.8. The lowest BCUT2D eigenvalue weighted by molar-refractivity contribution is -0.127. The van der Waals surface area contributed by atoms with E-state index in [0.29, 0.717) is 11.5 Å². The molecule has 0 aliphatic carbocycles. The van der Waals surface area contributed by atoms with Crippen molar-refractivity contribution in [2.24, 2.45) is 0 Å². The van der Waals surface area contributed by atoms with Gasteiger partial charge in [0.2, 0.25) is 0 Å². The summed E-state index contributed by atoms with van der Waals surface area (Å²) in [7, 11) is 3.21. The van der Waals surface area contributed by atoms with Crippen molar-refractivity contribution in [1.82, 2.24) is 5.32 Å². The molecule has 0 aromatic heterocycles. The molecule has 5 nitrogen and oxygen atoms in total. The van der Waals surface area contributed by atoms with E-state index in [1.807, 2.05) is 43.3 Å². The molecule has 0 radical (unpaired) electrons. The molecule has 2 atom stereocenters. The molecule has 0 bridgehead atoms. The Labute approximate surface area is 142 Å². The first kappa shape index (κ1) is 17.7. The second-order valence-electron chi connectivity index (χ2n) is 5.44. The molecule has 0 aliphatic heterocycles. The van der Waals surface area contributed by atoms with Crippen LogP contribution in [0.4, 0.5) is 0 Å². The zero-order valence-corrected chi connectivity index (χ0v) is 14.4. The minimum atomic E-state index is -0.613. The van der Waals surface area contributed by atoms with Crippen LogP contribution < -0.4 is 19.5 Å². The molecule has 128 valence electrons. The van der Waals surface area contributed by atoms with Gasteiger partial charge in [0.15, 0.2) is 6.10 Å². The number of carbonyl (C=O) groups excluding carboxylic acids is 1. The highest BCUT2D eigenvalue weighted by atomic mass is 16.5. The van der Waals surface area contributed by atoms with Crippen LogP contribution in [-0.2, 0) is 4.79 Å². The van der Waals surface area contributed by atoms with Crippen LogP contribution in [0.5, 0.6) is 17.2 Å². The second kappa shape index (κ2) is 8.24. The van der Waals surface area contributed by atoms with Crippen molar-refractivity contribution in [1.29, 1.82) is 0 Å². The van der Waals surface area contributed by atoms with Crippen LogP contribution >= 0.6 is 0 Å². The van der Waals surface area contributed by atoms with E-state index in [0.717, 1.165) is 11.3 Å². The Bertz CT molecular complexity index is 669. The Balaban J connectivity index is 1.94. The van der Waals surface area contributed by atoms with E-state index in [1.165, 1.54) is 0 Å². The first-order valence-corrected chi connectivity index (χ1v) is 7.78. The Kier molecular flexibility index (Phi) is 6.07. The maximum atomic E-state index is 12.3. The van der Waals surface area contributed by atoms with Crippen LogP contribution in [0.25, 0.3) is 0 Å². The number of hydrogen-bond donors (Lipinski definition) is 1. The number of rotatable bonds is 7. The first-order chi connectivity index (χ1) is 11.5. The van der Waals surface area contributed by atoms with Crippen LogP contribution in [0.15, 0.2) is 48.5 Å². The fourth-order valence-electron chi connectivity index (χ4n) is 2.24. The maximum Gasteiger partial charge on any atom is 0.261 e. The highest BCUT2D eigenvalue weighted by molar-refractivity contribution is 5.81. The molecule has 0 saturated heterocycles. The Morgan fingerprint density at radius 3 is 2.17 bits per heavy atom. The van der Waals surface area contributed by atoms with Gasteiger partial charge in [-0.25, -0.2) is 0 Å². The van der Waals surface area contributed by atoms with Gasteiger partial charge in [0, 0.05) is 6.07 Å². The van der Waals surface area contributed by atoms with Gasteiger partial charge < -0.3 is 19.5 Å². The molecular weight excluding hydrogens is 306 g/mol. The van der Waals surface area contributed by atoms with E-state index in [-0.39, 0.29) is 11.9 Å². The van der Waals surface area contributed by atoms with Crippen LogP contribution in [0.2, 0.25) is 0 Å². The van der Waals surface area contributed by atoms with Crippen molar-refractivity contribution in [3.8, 4) is 17.2 Å². The summed E-state index contributed by atoms with van der Waals surface area (Å²) in [6.45, 7) is 3.65. The smallest absolute Gasteiger partial charge is 0.261 e. The summed E-state index contributed by atoms with van der Waals surface area (Å²) in [5, 5.41) is 2.95. The third-order valence-corrected chi connectivity index (χ3v) is 3.70. The van der Waals surface area contributed by atoms with Crippen LogP contribution in [0, 0.1) is 0 Å². The summed E-state index contributed by atoms with van der Waals surface area (Å²) in [6, 6.07) is 14.6. The third kappa shape index (κ3) is 4.65. The molecule has 0 fully saturated rings. The average molecular weight is 329 g/mol. The minimum Gasteiger partial charge on any atom is -0.497 e. The molecular formula is C19H23NO4. The average Bonchev–Trinajstić information content (AvgIpc) is 2.61. The van der Waals surface area contributed by atoms with E-state index in [4.69, 9.17) is 14.2 Å². The number of carbonyl (C=O) groups is 1. The van der Waals surface area contributed by atoms with E-state index in [2.05, 4.69) is 5.32 Å². The van der Waals surface area contributed by atoms with Gasteiger partial charge in [0.25, 0.3) is 5.91 Å². The molecule has 2 rings (SSSR count). The van der Waals surface area contributed by atoms with E-state index < -0.39 is 6.10 Å². The largest absolute Gasteiger partial charge is 0.497 e. The summed E-state index contributed by atoms with van der Waals surface area (Å²) >= 11 is 0. The van der Waals surface area contributed by atoms with Crippen LogP contribution in [-0.4, -0.2) is 26.2 Å². The topological polar surface area (TPSA) is 56.8 Å². The zero-order valence-electron chi connectivity index (χ0n) is 14.4. The fraction of sp³-hybridized carbons (Fsp3) is 0.316. The van der Waals surface area contributed by atoms with E-state index in [9.17, 15) is 4.79 Å². The van der Waals surface area contributed by atoms with Crippen molar-refractivity contribution in [3.05, 3.63) is 54.1 Å². The molecule has 0 spiro atoms. The Morgan fingerprint density at radius 1 is 0.917 bits per heavy atom. The van der Waals surface area contributed by atoms with Crippen LogP contribution in [0.1, 0.15) is 25.5 Å². The third-order valence-electron chi connectivity index (χ3n) is 3.70. The van der Waals surface area contributed by atoms with Crippen molar-refractivity contribution < 1.29 is 19.0 Å². The molecule has 24 heavy (non-hydrogen) atoms. The molecule has 5 heteroatoms. The molecule has 1 amide bonds. The lowest BCUT2D eigenvalue weighted by Crippen LogP contribution is -2.37. The summed E-state index contributed by atoms with van der Waals surface area (Å²) < 4.78 is 16.0. The fourth-order valence-corrected chi connectivity index (χ4v) is 2.24. The van der Waals surface area contributed by atoms with Gasteiger partial charge in [-0.2, -0.15) is 0 Å². The number of amides is 1. The Hall–Kier alpha value is -2.69. The molecule has 0 heterocycles. The predicted molar refractivity (Wildman–Crippen MR) is 92.6 cm³/mol. The summed E-state index contributed by atoms with van der Waals surface area (Å²) in [5.41, 5.74) is 0.998. The molecule has 0 aliphatic rings. The zero-order chi connectivity index (χ0) is 17.5. The van der Waals surface area contributed by atoms with Crippen molar-refractivity contribution in [3.63, 3.8) is 0 Å². The van der Waals surface area contributed by atoms with Gasteiger partial charge in [0.05, 0.1) is 20.3 Å². The second-order valence-corrected chi connectivity index (χ2v) is 5.44. The van der Waals surface area contributed by atoms with Crippen LogP contribution in [0.3, 0.4) is 0 Å². The number of ether oxygens (including phenoxy) is 3. The predicted octanol–water partition coefficient (Wildman–Crippen LogP) is 3.35. The van der Waals surface area contributed by atoms with Gasteiger partial charge in [0.1, 0.15) is 17.2 Å². The monoisotopic (exact) mass is 329 g/mol. The SMILES string of the molecule is COc1ccc([C@@H](C)NC(=O)[C@@H](C)Oc2cccc(OC)c2)cc1. The molecule has 1 N–H and O–H groups in total. The lowest BCUT2D eigenvalue weighted by Gasteiger charge is -2.19. The van der Waals surface area contributed by atoms with Crippen molar-refractivity contribution >= 4 is 5.91 Å². The lowest BCUT2D eigenvalue weighted by atomic mass is 10.1. The molecule has 0 unspecified atom stereocenters. The summed E-state index contributed by atoms with van der Waals surface area (Å²) in [4.78, 5) is 12.3. The molecule has 2 aromatic rings. The van der Waals surface area contributed by atoms with Crippen molar-refractivity contribution in [2.45, 2.75) is 26.0 Å². The number of benzene rings is 2. The van der Waals surface area contributed by atoms with Gasteiger partial charge in [-0.3, -0.25) is 4.79 Å². The first-order valence-electron chi connectivity index (χ1n) is 7.78. The van der Waals surface area contributed by atoms with Gasteiger partial charge >= 0.3 is 0 Å². The summed E-state index contributed by atoms with van der Waals surface area (Å²) in [6.07, 6.45) is -0.613. The number of methoxy groups -OCH3 is 2. The minimum absolute atomic E-state index is 0.125. The number of hydrogen-bond acceptors (Lipinski definition) is 4. The standard InChI is InChI=1S/C19H23NO4/c1-13(15-8-10-16(22-3)11-9-15)20-19(21)14(2)24-18-7-5-6-17(12-18)23-4/h5-14H,1-4H3,(H,20,21)/t13-,14-/m1/s1. The Morgan fingerprint density at radius 2 is 1.54 bits per heavy atom. The highest BCUT2D eigenvalue weighted by Gasteiger charge is 2.18. The van der Waals surface area contributed by atoms with Gasteiger partial charge in [-0.1, -0.05) is 18.2 Å². The van der Waals surface area contributed by atoms with E-state index >= 15 is 0 Å². The highest BCUT2D eigenvalue weighted by Crippen LogP contribution is 2.21. The summed E-state index contributed by atoms with van der Waals surface area (Å²) in [5.74, 6) is 1.88. The van der Waals surface area contributed by atoms with Gasteiger partial charge in [-0.15, -0.1) is 0 Å².